The Morgan fingerprint density at radius 1 is 1.03 bits per heavy atom. The van der Waals surface area contributed by atoms with E-state index >= 15 is 0 Å². The van der Waals surface area contributed by atoms with Gasteiger partial charge in [-0.05, 0) is 49.4 Å². The Hall–Kier alpha value is -3.18. The van der Waals surface area contributed by atoms with Crippen LogP contribution in [-0.4, -0.2) is 17.6 Å². The van der Waals surface area contributed by atoms with Crippen LogP contribution in [0.1, 0.15) is 11.3 Å². The molecule has 1 amide bonds. The molecule has 0 saturated carbocycles. The molecule has 4 aromatic rings. The van der Waals surface area contributed by atoms with Crippen molar-refractivity contribution in [2.24, 2.45) is 7.05 Å². The van der Waals surface area contributed by atoms with E-state index in [-0.39, 0.29) is 12.3 Å². The van der Waals surface area contributed by atoms with Crippen molar-refractivity contribution in [2.45, 2.75) is 23.1 Å². The number of anilines is 1. The van der Waals surface area contributed by atoms with Gasteiger partial charge in [-0.15, -0.1) is 0 Å². The van der Waals surface area contributed by atoms with Crippen LogP contribution in [0.15, 0.2) is 82.6 Å². The summed E-state index contributed by atoms with van der Waals surface area (Å²) in [7, 11) is 3.68. The fourth-order valence-corrected chi connectivity index (χ4v) is 4.61. The van der Waals surface area contributed by atoms with Gasteiger partial charge in [0.15, 0.2) is 0 Å². The van der Waals surface area contributed by atoms with Gasteiger partial charge in [0, 0.05) is 39.1 Å². The summed E-state index contributed by atoms with van der Waals surface area (Å²) in [6.45, 7) is 2.03. The maximum absolute atomic E-state index is 12.9. The second-order valence-corrected chi connectivity index (χ2v) is 8.31. The molecule has 0 aliphatic carbocycles. The minimum atomic E-state index is -0.0355. The number of aromatic nitrogens is 1. The van der Waals surface area contributed by atoms with Crippen LogP contribution >= 0.6 is 11.8 Å². The Bertz CT molecular complexity index is 1180. The molecular weight excluding hydrogens is 392 g/mol. The Morgan fingerprint density at radius 2 is 1.77 bits per heavy atom. The highest BCUT2D eigenvalue weighted by atomic mass is 32.2. The van der Waals surface area contributed by atoms with Gasteiger partial charge in [0.05, 0.1) is 13.5 Å². The van der Waals surface area contributed by atoms with Crippen LogP contribution in [-0.2, 0) is 18.3 Å². The topological polar surface area (TPSA) is 43.3 Å². The fourth-order valence-electron chi connectivity index (χ4n) is 3.48. The van der Waals surface area contributed by atoms with E-state index in [2.05, 4.69) is 22.0 Å². The third-order valence-corrected chi connectivity index (χ3v) is 6.27. The Morgan fingerprint density at radius 3 is 2.47 bits per heavy atom. The number of amides is 1. The smallest absolute Gasteiger partial charge is 0.230 e. The molecule has 0 bridgehead atoms. The van der Waals surface area contributed by atoms with Crippen molar-refractivity contribution >= 4 is 34.3 Å². The lowest BCUT2D eigenvalue weighted by molar-refractivity contribution is -0.115. The van der Waals surface area contributed by atoms with Gasteiger partial charge in [-0.1, -0.05) is 47.7 Å². The molecule has 0 spiro atoms. The number of aryl methyl sites for hydroxylation is 2. The average molecular weight is 417 g/mol. The summed E-state index contributed by atoms with van der Waals surface area (Å²) in [5.41, 5.74) is 4.03. The number of hydrogen-bond acceptors (Lipinski definition) is 3. The zero-order valence-electron chi connectivity index (χ0n) is 17.3. The molecule has 4 rings (SSSR count). The SMILES string of the molecule is COc1ccc2c(c1)c(Sc1ccccc1)c(CC(=O)Nc1ccc(C)cc1)n2C. The summed E-state index contributed by atoms with van der Waals surface area (Å²) in [4.78, 5) is 15.1. The first-order valence-electron chi connectivity index (χ1n) is 9.80. The van der Waals surface area contributed by atoms with E-state index in [9.17, 15) is 4.79 Å². The van der Waals surface area contributed by atoms with Crippen LogP contribution in [0.4, 0.5) is 5.69 Å². The molecule has 1 aromatic heterocycles. The van der Waals surface area contributed by atoms with Gasteiger partial charge in [0.25, 0.3) is 0 Å². The fraction of sp³-hybridized carbons (Fsp3) is 0.160. The third-order valence-electron chi connectivity index (χ3n) is 5.10. The zero-order chi connectivity index (χ0) is 21.1. The number of rotatable bonds is 6. The van der Waals surface area contributed by atoms with E-state index in [0.717, 1.165) is 43.4 Å². The number of methoxy groups -OCH3 is 1. The summed E-state index contributed by atoms with van der Waals surface area (Å²) in [6, 6.07) is 24.1. The van der Waals surface area contributed by atoms with E-state index in [4.69, 9.17) is 4.74 Å². The van der Waals surface area contributed by atoms with Crippen molar-refractivity contribution < 1.29 is 9.53 Å². The Balaban J connectivity index is 1.71. The predicted molar refractivity (Wildman–Crippen MR) is 124 cm³/mol. The second kappa shape index (κ2) is 8.67. The highest BCUT2D eigenvalue weighted by molar-refractivity contribution is 7.99. The molecule has 0 atom stereocenters. The van der Waals surface area contributed by atoms with E-state index in [1.165, 1.54) is 0 Å². The van der Waals surface area contributed by atoms with Crippen LogP contribution in [0.2, 0.25) is 0 Å². The molecule has 4 nitrogen and oxygen atoms in total. The molecule has 30 heavy (non-hydrogen) atoms. The van der Waals surface area contributed by atoms with E-state index in [0.29, 0.717) is 0 Å². The lowest BCUT2D eigenvalue weighted by atomic mass is 10.2. The van der Waals surface area contributed by atoms with Crippen LogP contribution < -0.4 is 10.1 Å². The van der Waals surface area contributed by atoms with Crippen LogP contribution in [0, 0.1) is 6.92 Å². The molecule has 0 saturated heterocycles. The molecule has 0 fully saturated rings. The van der Waals surface area contributed by atoms with E-state index in [1.54, 1.807) is 18.9 Å². The molecular formula is C25H24N2O2S. The molecule has 0 aliphatic heterocycles. The molecule has 1 N–H and O–H groups in total. The number of fused-ring (bicyclic) bond motifs is 1. The summed E-state index contributed by atoms with van der Waals surface area (Å²) < 4.78 is 7.55. The lowest BCUT2D eigenvalue weighted by Crippen LogP contribution is -2.16. The van der Waals surface area contributed by atoms with Gasteiger partial charge in [0.2, 0.25) is 5.91 Å². The highest BCUT2D eigenvalue weighted by Crippen LogP contribution is 2.39. The number of carbonyl (C=O) groups is 1. The van der Waals surface area contributed by atoms with E-state index < -0.39 is 0 Å². The van der Waals surface area contributed by atoms with Gasteiger partial charge >= 0.3 is 0 Å². The molecule has 0 unspecified atom stereocenters. The Kier molecular flexibility index (Phi) is 5.81. The number of benzene rings is 3. The van der Waals surface area contributed by atoms with Gasteiger partial charge in [-0.25, -0.2) is 0 Å². The standard InChI is InChI=1S/C25H24N2O2S/c1-17-9-11-18(12-10-17)26-24(28)16-23-25(30-20-7-5-4-6-8-20)21-15-19(29-3)13-14-22(21)27(23)2/h4-15H,16H2,1-3H3,(H,26,28). The minimum Gasteiger partial charge on any atom is -0.497 e. The van der Waals surface area contributed by atoms with Crippen molar-refractivity contribution in [1.82, 2.24) is 4.57 Å². The average Bonchev–Trinajstić information content (AvgIpc) is 3.01. The first-order valence-corrected chi connectivity index (χ1v) is 10.6. The third kappa shape index (κ3) is 4.21. The van der Waals surface area contributed by atoms with Crippen molar-refractivity contribution in [3.8, 4) is 5.75 Å². The molecule has 152 valence electrons. The summed E-state index contributed by atoms with van der Waals surface area (Å²) >= 11 is 1.68. The normalized spacial score (nSPS) is 10.9. The van der Waals surface area contributed by atoms with Gasteiger partial charge in [-0.3, -0.25) is 4.79 Å². The quantitative estimate of drug-likeness (QED) is 0.430. The van der Waals surface area contributed by atoms with E-state index in [1.807, 2.05) is 74.6 Å². The molecule has 1 heterocycles. The van der Waals surface area contributed by atoms with Gasteiger partial charge in [-0.2, -0.15) is 0 Å². The largest absolute Gasteiger partial charge is 0.497 e. The number of carbonyl (C=O) groups excluding carboxylic acids is 1. The molecule has 5 heteroatoms. The zero-order valence-corrected chi connectivity index (χ0v) is 18.1. The summed E-state index contributed by atoms with van der Waals surface area (Å²) in [5, 5.41) is 4.10. The summed E-state index contributed by atoms with van der Waals surface area (Å²) in [5.74, 6) is 0.769. The van der Waals surface area contributed by atoms with Gasteiger partial charge in [0.1, 0.15) is 5.75 Å². The summed E-state index contributed by atoms with van der Waals surface area (Å²) in [6.07, 6.45) is 0.288. The van der Waals surface area contributed by atoms with Crippen LogP contribution in [0.3, 0.4) is 0 Å². The van der Waals surface area contributed by atoms with Crippen molar-refractivity contribution in [3.63, 3.8) is 0 Å². The number of ether oxygens (including phenoxy) is 1. The minimum absolute atomic E-state index is 0.0355. The monoisotopic (exact) mass is 416 g/mol. The van der Waals surface area contributed by atoms with Crippen LogP contribution in [0.5, 0.6) is 5.75 Å². The highest BCUT2D eigenvalue weighted by Gasteiger charge is 2.19. The van der Waals surface area contributed by atoms with Crippen molar-refractivity contribution in [3.05, 3.63) is 84.1 Å². The first-order chi connectivity index (χ1) is 14.5. The first kappa shape index (κ1) is 20.1. The Labute approximate surface area is 180 Å². The number of hydrogen-bond donors (Lipinski definition) is 1. The van der Waals surface area contributed by atoms with Crippen LogP contribution in [0.25, 0.3) is 10.9 Å². The maximum atomic E-state index is 12.9. The number of nitrogens with one attached hydrogen (secondary N) is 1. The van der Waals surface area contributed by atoms with Gasteiger partial charge < -0.3 is 14.6 Å². The number of nitrogens with zero attached hydrogens (tertiary/aromatic N) is 1. The molecule has 3 aromatic carbocycles. The lowest BCUT2D eigenvalue weighted by Gasteiger charge is -2.09. The molecule has 0 radical (unpaired) electrons. The van der Waals surface area contributed by atoms with Crippen molar-refractivity contribution in [1.29, 1.82) is 0 Å². The second-order valence-electron chi connectivity index (χ2n) is 7.22. The predicted octanol–water partition coefficient (Wildman–Crippen LogP) is 5.83. The maximum Gasteiger partial charge on any atom is 0.230 e. The molecule has 0 aliphatic rings. The van der Waals surface area contributed by atoms with Crippen molar-refractivity contribution in [2.75, 3.05) is 12.4 Å².